The number of hydrogen-bond acceptors (Lipinski definition) is 4. The minimum atomic E-state index is -1.34. The Morgan fingerprint density at radius 2 is 1.96 bits per heavy atom. The van der Waals surface area contributed by atoms with Gasteiger partial charge in [-0.3, -0.25) is 4.79 Å². The number of fused-ring (bicyclic) bond motifs is 1. The van der Waals surface area contributed by atoms with Crippen molar-refractivity contribution < 1.29 is 14.3 Å². The maximum Gasteiger partial charge on any atom is 0.341 e. The van der Waals surface area contributed by atoms with Crippen molar-refractivity contribution in [1.29, 1.82) is 0 Å². The zero-order valence-electron chi connectivity index (χ0n) is 14.6. The lowest BCUT2D eigenvalue weighted by atomic mass is 10.1. The van der Waals surface area contributed by atoms with Gasteiger partial charge in [-0.05, 0) is 38.0 Å². The van der Waals surface area contributed by atoms with Crippen molar-refractivity contribution in [3.63, 3.8) is 0 Å². The van der Waals surface area contributed by atoms with E-state index < -0.39 is 17.2 Å². The predicted octanol–water partition coefficient (Wildman–Crippen LogP) is 3.81. The van der Waals surface area contributed by atoms with Crippen LogP contribution in [0.15, 0.2) is 41.3 Å². The van der Waals surface area contributed by atoms with E-state index in [2.05, 4.69) is 5.32 Å². The molecule has 3 aromatic rings. The molecule has 0 radical (unpaired) electrons. The number of nitrogen functional groups attached to an aromatic ring is 1. The fourth-order valence-electron chi connectivity index (χ4n) is 3.22. The van der Waals surface area contributed by atoms with Gasteiger partial charge in [-0.1, -0.05) is 17.7 Å². The lowest BCUT2D eigenvalue weighted by molar-refractivity contribution is 0.0695. The van der Waals surface area contributed by atoms with E-state index in [-0.39, 0.29) is 28.4 Å². The molecule has 0 amide bonds. The third-order valence-electron chi connectivity index (χ3n) is 4.80. The molecular weight excluding hydrogens is 349 g/mol. The van der Waals surface area contributed by atoms with Crippen LogP contribution in [-0.4, -0.2) is 15.6 Å². The van der Waals surface area contributed by atoms with Gasteiger partial charge >= 0.3 is 5.97 Å². The number of aromatic carboxylic acids is 1. The monoisotopic (exact) mass is 367 g/mol. The number of carboxylic acid groups (broad SMARTS) is 1. The second kappa shape index (κ2) is 6.12. The first-order valence-electron chi connectivity index (χ1n) is 8.60. The number of halogens is 1. The number of carboxylic acids is 1. The summed E-state index contributed by atoms with van der Waals surface area (Å²) in [5, 5.41) is 12.3. The Morgan fingerprint density at radius 3 is 2.56 bits per heavy atom. The van der Waals surface area contributed by atoms with Crippen molar-refractivity contribution in [1.82, 2.24) is 4.57 Å². The predicted molar refractivity (Wildman–Crippen MR) is 102 cm³/mol. The van der Waals surface area contributed by atoms with E-state index >= 15 is 0 Å². The van der Waals surface area contributed by atoms with Gasteiger partial charge in [-0.15, -0.1) is 0 Å². The van der Waals surface area contributed by atoms with Crippen LogP contribution in [0, 0.1) is 12.7 Å². The number of rotatable bonds is 4. The average molecular weight is 367 g/mol. The van der Waals surface area contributed by atoms with Crippen LogP contribution >= 0.6 is 0 Å². The lowest BCUT2D eigenvalue weighted by Crippen LogP contribution is -2.20. The van der Waals surface area contributed by atoms with Gasteiger partial charge in [0, 0.05) is 17.9 Å². The first kappa shape index (κ1) is 17.1. The maximum absolute atomic E-state index is 14.8. The summed E-state index contributed by atoms with van der Waals surface area (Å²) in [5.74, 6) is -2.04. The number of nitrogens with one attached hydrogen (secondary N) is 1. The average Bonchev–Trinajstić information content (AvgIpc) is 3.46. The fraction of sp³-hybridized carbons (Fsp3) is 0.200. The Bertz CT molecular complexity index is 1130. The molecule has 1 aliphatic carbocycles. The summed E-state index contributed by atoms with van der Waals surface area (Å²) in [6.07, 6.45) is 3.03. The molecule has 6 nitrogen and oxygen atoms in total. The molecule has 0 bridgehead atoms. The van der Waals surface area contributed by atoms with Crippen LogP contribution in [-0.2, 0) is 0 Å². The molecule has 1 saturated carbocycles. The van der Waals surface area contributed by atoms with Gasteiger partial charge < -0.3 is 20.7 Å². The van der Waals surface area contributed by atoms with Crippen LogP contribution in [0.5, 0.6) is 0 Å². The standard InChI is InChI=1S/C20H18FN3O3/c1-10-2-4-11(5-3-10)23-17-15(21)8-13-18(16(17)22)24(12-6-7-12)9-14(19(13)25)20(26)27/h2-5,8-9,12,23H,6-7,22H2,1H3,(H,26,27). The normalized spacial score (nSPS) is 13.7. The largest absolute Gasteiger partial charge is 0.477 e. The van der Waals surface area contributed by atoms with Gasteiger partial charge in [0.05, 0.1) is 16.6 Å². The van der Waals surface area contributed by atoms with Gasteiger partial charge in [0.15, 0.2) is 0 Å². The molecule has 1 heterocycles. The van der Waals surface area contributed by atoms with Gasteiger partial charge in [0.2, 0.25) is 5.43 Å². The zero-order valence-corrected chi connectivity index (χ0v) is 14.6. The summed E-state index contributed by atoms with van der Waals surface area (Å²) >= 11 is 0. The van der Waals surface area contributed by atoms with Crippen LogP contribution in [0.2, 0.25) is 0 Å². The topological polar surface area (TPSA) is 97.4 Å². The van der Waals surface area contributed by atoms with Crippen LogP contribution in [0.25, 0.3) is 10.9 Å². The summed E-state index contributed by atoms with van der Waals surface area (Å²) in [6, 6.07) is 8.51. The summed E-state index contributed by atoms with van der Waals surface area (Å²) in [4.78, 5) is 24.0. The summed E-state index contributed by atoms with van der Waals surface area (Å²) in [7, 11) is 0. The summed E-state index contributed by atoms with van der Waals surface area (Å²) in [6.45, 7) is 1.95. The second-order valence-electron chi connectivity index (χ2n) is 6.85. The molecule has 2 aromatic carbocycles. The first-order chi connectivity index (χ1) is 12.9. The molecule has 4 N–H and O–H groups in total. The molecule has 0 atom stereocenters. The van der Waals surface area contributed by atoms with E-state index in [0.717, 1.165) is 24.5 Å². The van der Waals surface area contributed by atoms with Gasteiger partial charge in [0.1, 0.15) is 17.1 Å². The molecule has 0 aliphatic heterocycles. The molecule has 1 aliphatic rings. The highest BCUT2D eigenvalue weighted by atomic mass is 19.1. The molecule has 0 saturated heterocycles. The Labute approximate surface area is 154 Å². The highest BCUT2D eigenvalue weighted by Gasteiger charge is 2.29. The first-order valence-corrected chi connectivity index (χ1v) is 8.60. The number of pyridine rings is 1. The summed E-state index contributed by atoms with van der Waals surface area (Å²) in [5.41, 5.74) is 7.39. The molecule has 1 fully saturated rings. The zero-order chi connectivity index (χ0) is 19.3. The molecule has 138 valence electrons. The number of nitrogens with two attached hydrogens (primary N) is 1. The molecule has 4 rings (SSSR count). The van der Waals surface area contributed by atoms with E-state index in [4.69, 9.17) is 5.73 Å². The Morgan fingerprint density at radius 1 is 1.30 bits per heavy atom. The fourth-order valence-corrected chi connectivity index (χ4v) is 3.22. The third-order valence-corrected chi connectivity index (χ3v) is 4.80. The highest BCUT2D eigenvalue weighted by molar-refractivity contribution is 6.01. The number of nitrogens with zero attached hydrogens (tertiary/aromatic N) is 1. The smallest absolute Gasteiger partial charge is 0.341 e. The van der Waals surface area contributed by atoms with E-state index in [1.165, 1.54) is 6.20 Å². The van der Waals surface area contributed by atoms with Crippen molar-refractivity contribution in [3.05, 3.63) is 63.7 Å². The van der Waals surface area contributed by atoms with Crippen LogP contribution in [0.4, 0.5) is 21.5 Å². The molecule has 7 heteroatoms. The number of carbonyl (C=O) groups is 1. The number of hydrogen-bond donors (Lipinski definition) is 3. The number of anilines is 3. The highest BCUT2D eigenvalue weighted by Crippen LogP contribution is 2.41. The summed E-state index contributed by atoms with van der Waals surface area (Å²) < 4.78 is 16.5. The van der Waals surface area contributed by atoms with Crippen LogP contribution in [0.3, 0.4) is 0 Å². The van der Waals surface area contributed by atoms with Gasteiger partial charge in [0.25, 0.3) is 0 Å². The van der Waals surface area contributed by atoms with Crippen LogP contribution < -0.4 is 16.5 Å². The molecule has 0 unspecified atom stereocenters. The van der Waals surface area contributed by atoms with E-state index in [0.29, 0.717) is 11.2 Å². The van der Waals surface area contributed by atoms with Crippen molar-refractivity contribution >= 4 is 33.9 Å². The Kier molecular flexibility index (Phi) is 3.87. The molecule has 1 aromatic heterocycles. The van der Waals surface area contributed by atoms with Gasteiger partial charge in [-0.2, -0.15) is 0 Å². The Balaban J connectivity index is 1.96. The number of aryl methyl sites for hydroxylation is 1. The molecule has 27 heavy (non-hydrogen) atoms. The number of benzene rings is 2. The quantitative estimate of drug-likeness (QED) is 0.609. The minimum Gasteiger partial charge on any atom is -0.477 e. The van der Waals surface area contributed by atoms with Crippen molar-refractivity contribution in [3.8, 4) is 0 Å². The second-order valence-corrected chi connectivity index (χ2v) is 6.85. The van der Waals surface area contributed by atoms with Crippen molar-refractivity contribution in [2.75, 3.05) is 11.1 Å². The van der Waals surface area contributed by atoms with E-state index in [1.54, 1.807) is 16.7 Å². The molecule has 0 spiro atoms. The van der Waals surface area contributed by atoms with Gasteiger partial charge in [-0.25, -0.2) is 9.18 Å². The van der Waals surface area contributed by atoms with Crippen molar-refractivity contribution in [2.24, 2.45) is 0 Å². The molecular formula is C20H18FN3O3. The Hall–Kier alpha value is -3.35. The van der Waals surface area contributed by atoms with E-state index in [9.17, 15) is 19.1 Å². The number of aromatic nitrogens is 1. The minimum absolute atomic E-state index is 0.0220. The van der Waals surface area contributed by atoms with E-state index in [1.807, 2.05) is 19.1 Å². The van der Waals surface area contributed by atoms with Crippen LogP contribution in [0.1, 0.15) is 34.8 Å². The SMILES string of the molecule is Cc1ccc(Nc2c(F)cc3c(=O)c(C(=O)O)cn(C4CC4)c3c2N)cc1. The maximum atomic E-state index is 14.8. The lowest BCUT2D eigenvalue weighted by Gasteiger charge is -2.18. The third kappa shape index (κ3) is 2.91. The van der Waals surface area contributed by atoms with Crippen molar-refractivity contribution in [2.45, 2.75) is 25.8 Å².